The standard InChI is InChI=1S/C13H14N4/c1-9-4-5-11(7-14)12(6-9)15-13-8-17(3)16-10(13)2/h4-6,8,15H,1-3H3. The van der Waals surface area contributed by atoms with E-state index in [1.54, 1.807) is 4.68 Å². The Bertz CT molecular complexity index is 590. The van der Waals surface area contributed by atoms with E-state index in [2.05, 4.69) is 16.5 Å². The fraction of sp³-hybridized carbons (Fsp3) is 0.231. The lowest BCUT2D eigenvalue weighted by atomic mass is 10.1. The van der Waals surface area contributed by atoms with Crippen LogP contribution in [0.2, 0.25) is 0 Å². The van der Waals surface area contributed by atoms with E-state index in [1.165, 1.54) is 0 Å². The number of hydrogen-bond donors (Lipinski definition) is 1. The number of hydrogen-bond acceptors (Lipinski definition) is 3. The minimum Gasteiger partial charge on any atom is -0.352 e. The van der Waals surface area contributed by atoms with Crippen molar-refractivity contribution in [2.45, 2.75) is 13.8 Å². The van der Waals surface area contributed by atoms with E-state index in [-0.39, 0.29) is 0 Å². The molecule has 0 amide bonds. The summed E-state index contributed by atoms with van der Waals surface area (Å²) in [5.74, 6) is 0. The van der Waals surface area contributed by atoms with E-state index in [0.717, 1.165) is 22.6 Å². The first kappa shape index (κ1) is 11.2. The highest BCUT2D eigenvalue weighted by atomic mass is 15.3. The molecule has 86 valence electrons. The van der Waals surface area contributed by atoms with Crippen molar-refractivity contribution in [3.05, 3.63) is 41.2 Å². The topological polar surface area (TPSA) is 53.6 Å². The third kappa shape index (κ3) is 2.28. The molecule has 1 aromatic heterocycles. The molecule has 17 heavy (non-hydrogen) atoms. The average Bonchev–Trinajstić information content (AvgIpc) is 2.58. The van der Waals surface area contributed by atoms with Gasteiger partial charge in [-0.25, -0.2) is 0 Å². The summed E-state index contributed by atoms with van der Waals surface area (Å²) >= 11 is 0. The van der Waals surface area contributed by atoms with Crippen molar-refractivity contribution in [2.75, 3.05) is 5.32 Å². The van der Waals surface area contributed by atoms with Crippen LogP contribution in [0.3, 0.4) is 0 Å². The van der Waals surface area contributed by atoms with Crippen molar-refractivity contribution in [3.8, 4) is 6.07 Å². The molecule has 0 spiro atoms. The molecule has 1 heterocycles. The second-order valence-corrected chi connectivity index (χ2v) is 4.09. The van der Waals surface area contributed by atoms with Crippen LogP contribution in [0.15, 0.2) is 24.4 Å². The van der Waals surface area contributed by atoms with Crippen LogP contribution < -0.4 is 5.32 Å². The number of nitriles is 1. The van der Waals surface area contributed by atoms with Crippen molar-refractivity contribution >= 4 is 11.4 Å². The Kier molecular flexibility index (Phi) is 2.84. The van der Waals surface area contributed by atoms with Gasteiger partial charge in [-0.15, -0.1) is 0 Å². The van der Waals surface area contributed by atoms with Crippen molar-refractivity contribution in [3.63, 3.8) is 0 Å². The maximum Gasteiger partial charge on any atom is 0.101 e. The van der Waals surface area contributed by atoms with E-state index >= 15 is 0 Å². The maximum absolute atomic E-state index is 9.05. The zero-order valence-corrected chi connectivity index (χ0v) is 10.2. The van der Waals surface area contributed by atoms with Gasteiger partial charge in [-0.1, -0.05) is 6.07 Å². The van der Waals surface area contributed by atoms with Crippen molar-refractivity contribution in [1.82, 2.24) is 9.78 Å². The maximum atomic E-state index is 9.05. The largest absolute Gasteiger partial charge is 0.352 e. The van der Waals surface area contributed by atoms with Crippen LogP contribution in [0.4, 0.5) is 11.4 Å². The van der Waals surface area contributed by atoms with Crippen LogP contribution in [0, 0.1) is 25.2 Å². The molecule has 1 N–H and O–H groups in total. The van der Waals surface area contributed by atoms with Gasteiger partial charge in [-0.3, -0.25) is 4.68 Å². The average molecular weight is 226 g/mol. The zero-order chi connectivity index (χ0) is 12.4. The van der Waals surface area contributed by atoms with E-state index in [4.69, 9.17) is 5.26 Å². The quantitative estimate of drug-likeness (QED) is 0.856. The lowest BCUT2D eigenvalue weighted by Gasteiger charge is -2.07. The molecule has 0 atom stereocenters. The number of rotatable bonds is 2. The Hall–Kier alpha value is -2.28. The molecule has 0 bridgehead atoms. The van der Waals surface area contributed by atoms with Crippen LogP contribution in [0.5, 0.6) is 0 Å². The van der Waals surface area contributed by atoms with Gasteiger partial charge in [0.15, 0.2) is 0 Å². The second-order valence-electron chi connectivity index (χ2n) is 4.09. The third-order valence-electron chi connectivity index (χ3n) is 2.58. The predicted molar refractivity (Wildman–Crippen MR) is 67.1 cm³/mol. The first-order valence-corrected chi connectivity index (χ1v) is 5.38. The highest BCUT2D eigenvalue weighted by Gasteiger charge is 2.06. The summed E-state index contributed by atoms with van der Waals surface area (Å²) in [6.45, 7) is 3.94. The molecule has 0 radical (unpaired) electrons. The van der Waals surface area contributed by atoms with Crippen molar-refractivity contribution < 1.29 is 0 Å². The summed E-state index contributed by atoms with van der Waals surface area (Å²) in [6, 6.07) is 7.90. The number of anilines is 2. The van der Waals surface area contributed by atoms with Crippen LogP contribution in [-0.4, -0.2) is 9.78 Å². The first-order chi connectivity index (χ1) is 8.10. The Balaban J connectivity index is 2.39. The summed E-state index contributed by atoms with van der Waals surface area (Å²) in [7, 11) is 1.87. The van der Waals surface area contributed by atoms with Crippen molar-refractivity contribution in [2.24, 2.45) is 7.05 Å². The molecular weight excluding hydrogens is 212 g/mol. The third-order valence-corrected chi connectivity index (χ3v) is 2.58. The SMILES string of the molecule is Cc1ccc(C#N)c(Nc2cn(C)nc2C)c1. The highest BCUT2D eigenvalue weighted by Crippen LogP contribution is 2.23. The Morgan fingerprint density at radius 3 is 2.65 bits per heavy atom. The summed E-state index contributed by atoms with van der Waals surface area (Å²) in [6.07, 6.45) is 1.90. The molecule has 0 saturated heterocycles. The Morgan fingerprint density at radius 1 is 1.29 bits per heavy atom. The van der Waals surface area contributed by atoms with Gasteiger partial charge in [0.25, 0.3) is 0 Å². The second kappa shape index (κ2) is 4.30. The Labute approximate surface area is 100 Å². The summed E-state index contributed by atoms with van der Waals surface area (Å²) < 4.78 is 1.75. The smallest absolute Gasteiger partial charge is 0.101 e. The Morgan fingerprint density at radius 2 is 2.06 bits per heavy atom. The van der Waals surface area contributed by atoms with Crippen LogP contribution in [0.25, 0.3) is 0 Å². The number of nitrogens with zero attached hydrogens (tertiary/aromatic N) is 3. The van der Waals surface area contributed by atoms with Gasteiger partial charge in [-0.05, 0) is 31.5 Å². The molecule has 0 aliphatic carbocycles. The van der Waals surface area contributed by atoms with Gasteiger partial charge in [0.2, 0.25) is 0 Å². The number of aromatic nitrogens is 2. The normalized spacial score (nSPS) is 10.0. The van der Waals surface area contributed by atoms with Crippen LogP contribution >= 0.6 is 0 Å². The summed E-state index contributed by atoms with van der Waals surface area (Å²) in [5, 5.41) is 16.6. The minimum atomic E-state index is 0.638. The highest BCUT2D eigenvalue weighted by molar-refractivity contribution is 5.68. The molecule has 2 rings (SSSR count). The molecular formula is C13H14N4. The summed E-state index contributed by atoms with van der Waals surface area (Å²) in [5.41, 5.74) is 4.42. The predicted octanol–water partition coefficient (Wildman–Crippen LogP) is 2.65. The fourth-order valence-electron chi connectivity index (χ4n) is 1.73. The number of aryl methyl sites for hydroxylation is 3. The summed E-state index contributed by atoms with van der Waals surface area (Å²) in [4.78, 5) is 0. The monoisotopic (exact) mass is 226 g/mol. The molecule has 0 aliphatic heterocycles. The fourth-order valence-corrected chi connectivity index (χ4v) is 1.73. The van der Waals surface area contributed by atoms with E-state index in [0.29, 0.717) is 5.56 Å². The van der Waals surface area contributed by atoms with Gasteiger partial charge < -0.3 is 5.32 Å². The van der Waals surface area contributed by atoms with Gasteiger partial charge in [0, 0.05) is 13.2 Å². The van der Waals surface area contributed by atoms with Gasteiger partial charge in [-0.2, -0.15) is 10.4 Å². The molecule has 0 unspecified atom stereocenters. The molecule has 2 aromatic rings. The molecule has 1 aromatic carbocycles. The molecule has 4 heteroatoms. The van der Waals surface area contributed by atoms with E-state index < -0.39 is 0 Å². The number of nitrogens with one attached hydrogen (secondary N) is 1. The van der Waals surface area contributed by atoms with Gasteiger partial charge >= 0.3 is 0 Å². The molecule has 0 saturated carbocycles. The number of benzene rings is 1. The van der Waals surface area contributed by atoms with E-state index in [1.807, 2.05) is 45.3 Å². The van der Waals surface area contributed by atoms with Gasteiger partial charge in [0.05, 0.1) is 22.6 Å². The molecule has 4 nitrogen and oxygen atoms in total. The van der Waals surface area contributed by atoms with E-state index in [9.17, 15) is 0 Å². The zero-order valence-electron chi connectivity index (χ0n) is 10.2. The van der Waals surface area contributed by atoms with Crippen LogP contribution in [0.1, 0.15) is 16.8 Å². The van der Waals surface area contributed by atoms with Crippen LogP contribution in [-0.2, 0) is 7.05 Å². The molecule has 0 aliphatic rings. The van der Waals surface area contributed by atoms with Crippen molar-refractivity contribution in [1.29, 1.82) is 5.26 Å². The minimum absolute atomic E-state index is 0.638. The lowest BCUT2D eigenvalue weighted by molar-refractivity contribution is 0.756. The first-order valence-electron chi connectivity index (χ1n) is 5.38. The molecule has 0 fully saturated rings. The van der Waals surface area contributed by atoms with Gasteiger partial charge in [0.1, 0.15) is 6.07 Å². The lowest BCUT2D eigenvalue weighted by Crippen LogP contribution is -1.94.